The summed E-state index contributed by atoms with van der Waals surface area (Å²) in [6.45, 7) is 2.65. The van der Waals surface area contributed by atoms with E-state index in [9.17, 15) is 4.79 Å². The summed E-state index contributed by atoms with van der Waals surface area (Å²) < 4.78 is 1.56. The molecule has 134 valence electrons. The summed E-state index contributed by atoms with van der Waals surface area (Å²) in [5, 5.41) is 3.26. The van der Waals surface area contributed by atoms with Crippen molar-refractivity contribution in [3.63, 3.8) is 0 Å². The van der Waals surface area contributed by atoms with Gasteiger partial charge >= 0.3 is 0 Å². The Hall–Kier alpha value is -3.48. The summed E-state index contributed by atoms with van der Waals surface area (Å²) in [4.78, 5) is 28.6. The summed E-state index contributed by atoms with van der Waals surface area (Å²) in [5.74, 6) is 1.18. The molecule has 7 nitrogen and oxygen atoms in total. The Labute approximate surface area is 156 Å². The number of anilines is 2. The minimum atomic E-state index is -0.550. The highest BCUT2D eigenvalue weighted by atomic mass is 16.1. The molecule has 4 heterocycles. The van der Waals surface area contributed by atoms with Gasteiger partial charge in [-0.05, 0) is 37.1 Å². The Morgan fingerprint density at radius 3 is 2.85 bits per heavy atom. The largest absolute Gasteiger partial charge is 0.312 e. The molecule has 2 aromatic heterocycles. The van der Waals surface area contributed by atoms with Crippen molar-refractivity contribution >= 4 is 17.6 Å². The number of rotatable bonds is 1. The highest BCUT2D eigenvalue weighted by molar-refractivity contribution is 6.06. The normalized spacial score (nSPS) is 17.7. The lowest BCUT2D eigenvalue weighted by Gasteiger charge is -2.30. The van der Waals surface area contributed by atoms with Gasteiger partial charge in [-0.25, -0.2) is 14.5 Å². The molecule has 0 bridgehead atoms. The smallest absolute Gasteiger partial charge is 0.257 e. The number of pyridine rings is 1. The first-order valence-corrected chi connectivity index (χ1v) is 8.92. The zero-order chi connectivity index (χ0) is 18.4. The van der Waals surface area contributed by atoms with Gasteiger partial charge in [0, 0.05) is 30.2 Å². The molecule has 0 saturated heterocycles. The van der Waals surface area contributed by atoms with E-state index < -0.39 is 6.17 Å². The third-order valence-electron chi connectivity index (χ3n) is 4.89. The van der Waals surface area contributed by atoms with Crippen LogP contribution in [0.4, 0.5) is 11.6 Å². The Balaban J connectivity index is 1.66. The molecular formula is C20H18N6O. The second-order valence-corrected chi connectivity index (χ2v) is 6.67. The van der Waals surface area contributed by atoms with E-state index >= 15 is 0 Å². The van der Waals surface area contributed by atoms with Gasteiger partial charge in [0.05, 0.1) is 5.69 Å². The fourth-order valence-electron chi connectivity index (χ4n) is 3.66. The van der Waals surface area contributed by atoms with Crippen molar-refractivity contribution in [3.05, 3.63) is 82.0 Å². The third-order valence-corrected chi connectivity index (χ3v) is 4.89. The Morgan fingerprint density at radius 1 is 1.15 bits per heavy atom. The van der Waals surface area contributed by atoms with Crippen LogP contribution < -0.4 is 15.8 Å². The van der Waals surface area contributed by atoms with Crippen LogP contribution in [-0.2, 0) is 6.42 Å². The molecule has 2 aliphatic rings. The van der Waals surface area contributed by atoms with E-state index in [0.29, 0.717) is 23.3 Å². The Morgan fingerprint density at radius 2 is 2.00 bits per heavy atom. The van der Waals surface area contributed by atoms with Crippen LogP contribution in [0.15, 0.2) is 64.5 Å². The van der Waals surface area contributed by atoms with Crippen LogP contribution >= 0.6 is 0 Å². The number of para-hydroxylation sites is 1. The van der Waals surface area contributed by atoms with Crippen molar-refractivity contribution < 1.29 is 0 Å². The van der Waals surface area contributed by atoms with Gasteiger partial charge in [-0.1, -0.05) is 24.3 Å². The van der Waals surface area contributed by atoms with Crippen LogP contribution in [0.25, 0.3) is 0 Å². The maximum absolute atomic E-state index is 12.7. The number of nitrogens with zero attached hydrogens (tertiary/aromatic N) is 5. The minimum Gasteiger partial charge on any atom is -0.312 e. The monoisotopic (exact) mass is 358 g/mol. The number of aryl methyl sites for hydroxylation is 1. The third kappa shape index (κ3) is 2.59. The molecule has 0 saturated carbocycles. The van der Waals surface area contributed by atoms with Crippen molar-refractivity contribution in [2.75, 3.05) is 16.8 Å². The van der Waals surface area contributed by atoms with E-state index in [1.165, 1.54) is 11.6 Å². The summed E-state index contributed by atoms with van der Waals surface area (Å²) in [6, 6.07) is 15.5. The highest BCUT2D eigenvalue weighted by Gasteiger charge is 2.31. The molecule has 5 rings (SSSR count). The number of fused-ring (bicyclic) bond motifs is 2. The van der Waals surface area contributed by atoms with Crippen LogP contribution in [0.3, 0.4) is 0 Å². The van der Waals surface area contributed by atoms with Crippen molar-refractivity contribution in [2.45, 2.75) is 19.5 Å². The lowest BCUT2D eigenvalue weighted by atomic mass is 10.2. The number of hydrogen-bond donors (Lipinski definition) is 1. The van der Waals surface area contributed by atoms with Crippen molar-refractivity contribution in [1.82, 2.24) is 14.5 Å². The maximum atomic E-state index is 12.7. The standard InChI is InChI=1S/C20H18N6O/c1-13-12-17(27)26-18(15-7-4-5-10-21-15)23-19(24-20(26)22-13)25-11-9-14-6-2-3-8-16(14)25/h2-8,10,12,18H,9,11H2,1H3,(H,22,23,24). The molecule has 2 aliphatic heterocycles. The molecule has 0 radical (unpaired) electrons. The molecule has 1 atom stereocenters. The van der Waals surface area contributed by atoms with Crippen LogP contribution in [0.2, 0.25) is 0 Å². The number of guanidine groups is 1. The van der Waals surface area contributed by atoms with Gasteiger partial charge in [0.2, 0.25) is 11.9 Å². The fraction of sp³-hybridized carbons (Fsp3) is 0.200. The zero-order valence-corrected chi connectivity index (χ0v) is 14.8. The van der Waals surface area contributed by atoms with Gasteiger partial charge in [0.15, 0.2) is 6.17 Å². The zero-order valence-electron chi connectivity index (χ0n) is 14.8. The number of aromatic nitrogens is 3. The van der Waals surface area contributed by atoms with E-state index in [0.717, 1.165) is 18.7 Å². The summed E-state index contributed by atoms with van der Waals surface area (Å²) >= 11 is 0. The lowest BCUT2D eigenvalue weighted by Crippen LogP contribution is -2.43. The Kier molecular flexibility index (Phi) is 3.53. The number of hydrogen-bond acceptors (Lipinski definition) is 6. The number of aliphatic imine (C=N–C) groups is 1. The molecule has 1 N–H and O–H groups in total. The summed E-state index contributed by atoms with van der Waals surface area (Å²) in [5.41, 5.74) is 3.65. The second kappa shape index (κ2) is 6.05. The van der Waals surface area contributed by atoms with Gasteiger partial charge < -0.3 is 4.90 Å². The van der Waals surface area contributed by atoms with Crippen LogP contribution in [-0.4, -0.2) is 27.0 Å². The molecule has 0 fully saturated rings. The van der Waals surface area contributed by atoms with Gasteiger partial charge in [0.25, 0.3) is 5.56 Å². The SMILES string of the molecule is Cc1cc(=O)n2c(n1)NC(N1CCc3ccccc31)=NC2c1ccccn1. The molecular weight excluding hydrogens is 340 g/mol. The van der Waals surface area contributed by atoms with Crippen molar-refractivity contribution in [3.8, 4) is 0 Å². The van der Waals surface area contributed by atoms with E-state index in [2.05, 4.69) is 38.4 Å². The van der Waals surface area contributed by atoms with E-state index in [1.807, 2.05) is 31.2 Å². The van der Waals surface area contributed by atoms with Gasteiger partial charge in [-0.2, -0.15) is 0 Å². The van der Waals surface area contributed by atoms with Gasteiger partial charge in [-0.3, -0.25) is 15.1 Å². The first-order chi connectivity index (χ1) is 13.2. The molecule has 1 aromatic carbocycles. The van der Waals surface area contributed by atoms with Gasteiger partial charge in [0.1, 0.15) is 0 Å². The predicted octanol–water partition coefficient (Wildman–Crippen LogP) is 2.34. The van der Waals surface area contributed by atoms with E-state index in [-0.39, 0.29) is 5.56 Å². The number of nitrogens with one attached hydrogen (secondary N) is 1. The second-order valence-electron chi connectivity index (χ2n) is 6.67. The average Bonchev–Trinajstić information content (AvgIpc) is 3.11. The topological polar surface area (TPSA) is 75.4 Å². The molecule has 3 aromatic rings. The molecule has 0 amide bonds. The van der Waals surface area contributed by atoms with E-state index in [1.54, 1.807) is 10.8 Å². The molecule has 27 heavy (non-hydrogen) atoms. The maximum Gasteiger partial charge on any atom is 0.257 e. The minimum absolute atomic E-state index is 0.148. The summed E-state index contributed by atoms with van der Waals surface area (Å²) in [6.07, 6.45) is 2.12. The Bertz CT molecular complexity index is 1100. The molecule has 7 heteroatoms. The predicted molar refractivity (Wildman–Crippen MR) is 104 cm³/mol. The fourth-order valence-corrected chi connectivity index (χ4v) is 3.66. The van der Waals surface area contributed by atoms with Crippen LogP contribution in [0.5, 0.6) is 0 Å². The first-order valence-electron chi connectivity index (χ1n) is 8.92. The van der Waals surface area contributed by atoms with Crippen molar-refractivity contribution in [1.29, 1.82) is 0 Å². The summed E-state index contributed by atoms with van der Waals surface area (Å²) in [7, 11) is 0. The molecule has 0 aliphatic carbocycles. The first kappa shape index (κ1) is 15.7. The number of benzene rings is 1. The molecule has 1 unspecified atom stereocenters. The van der Waals surface area contributed by atoms with Gasteiger partial charge in [-0.15, -0.1) is 0 Å². The van der Waals surface area contributed by atoms with E-state index in [4.69, 9.17) is 4.99 Å². The van der Waals surface area contributed by atoms with Crippen LogP contribution in [0.1, 0.15) is 23.1 Å². The molecule has 0 spiro atoms. The highest BCUT2D eigenvalue weighted by Crippen LogP contribution is 2.31. The quantitative estimate of drug-likeness (QED) is 0.723. The average molecular weight is 358 g/mol. The lowest BCUT2D eigenvalue weighted by molar-refractivity contribution is 0.560. The van der Waals surface area contributed by atoms with Crippen molar-refractivity contribution in [2.24, 2.45) is 4.99 Å². The van der Waals surface area contributed by atoms with Crippen LogP contribution in [0, 0.1) is 6.92 Å².